The zero-order chi connectivity index (χ0) is 26.0. The number of nitrogens with zero attached hydrogens (tertiary/aromatic N) is 1. The molecule has 1 aliphatic rings. The number of benzene rings is 3. The summed E-state index contributed by atoms with van der Waals surface area (Å²) in [7, 11) is 1.62. The van der Waals surface area contributed by atoms with Crippen molar-refractivity contribution in [3.63, 3.8) is 0 Å². The first-order valence-electron chi connectivity index (χ1n) is 13.0. The van der Waals surface area contributed by atoms with E-state index in [9.17, 15) is 9.59 Å². The SMILES string of the molecule is COc1cccc(CN(C(=O)Cc2ccc(Cl)cc2)[C@@H](Cc2ccccc2)C(=O)NC2CCCCC2)c1. The summed E-state index contributed by atoms with van der Waals surface area (Å²) in [4.78, 5) is 29.4. The van der Waals surface area contributed by atoms with Crippen molar-refractivity contribution in [1.82, 2.24) is 10.2 Å². The molecule has 5 nitrogen and oxygen atoms in total. The van der Waals surface area contributed by atoms with Crippen molar-refractivity contribution >= 4 is 23.4 Å². The summed E-state index contributed by atoms with van der Waals surface area (Å²) < 4.78 is 5.41. The van der Waals surface area contributed by atoms with Crippen LogP contribution in [0.4, 0.5) is 0 Å². The Morgan fingerprint density at radius 1 is 0.919 bits per heavy atom. The number of rotatable bonds is 10. The molecule has 0 heterocycles. The van der Waals surface area contributed by atoms with Crippen LogP contribution in [0.5, 0.6) is 5.75 Å². The van der Waals surface area contributed by atoms with Crippen LogP contribution in [0.3, 0.4) is 0 Å². The molecular formula is C31H35ClN2O3. The van der Waals surface area contributed by atoms with E-state index in [4.69, 9.17) is 16.3 Å². The third kappa shape index (κ3) is 7.83. The summed E-state index contributed by atoms with van der Waals surface area (Å²) in [6.07, 6.45) is 6.05. The number of carbonyl (C=O) groups excluding carboxylic acids is 2. The predicted octanol–water partition coefficient (Wildman–Crippen LogP) is 5.98. The minimum atomic E-state index is -0.643. The van der Waals surface area contributed by atoms with Crippen molar-refractivity contribution in [2.75, 3.05) is 7.11 Å². The van der Waals surface area contributed by atoms with Crippen LogP contribution >= 0.6 is 11.6 Å². The Balaban J connectivity index is 1.65. The van der Waals surface area contributed by atoms with Crippen LogP contribution < -0.4 is 10.1 Å². The van der Waals surface area contributed by atoms with Crippen molar-refractivity contribution in [2.24, 2.45) is 0 Å². The van der Waals surface area contributed by atoms with Gasteiger partial charge in [0, 0.05) is 24.0 Å². The number of methoxy groups -OCH3 is 1. The van der Waals surface area contributed by atoms with Gasteiger partial charge in [0.25, 0.3) is 0 Å². The molecular weight excluding hydrogens is 484 g/mol. The monoisotopic (exact) mass is 518 g/mol. The van der Waals surface area contributed by atoms with E-state index in [1.165, 1.54) is 6.42 Å². The Bertz CT molecular complexity index is 1160. The number of halogens is 1. The normalized spacial score (nSPS) is 14.5. The van der Waals surface area contributed by atoms with E-state index in [0.717, 1.165) is 42.4 Å². The molecule has 3 aromatic rings. The minimum Gasteiger partial charge on any atom is -0.497 e. The molecule has 1 fully saturated rings. The lowest BCUT2D eigenvalue weighted by Gasteiger charge is -2.33. The van der Waals surface area contributed by atoms with Gasteiger partial charge in [-0.15, -0.1) is 0 Å². The van der Waals surface area contributed by atoms with Gasteiger partial charge in [-0.05, 0) is 53.8 Å². The average Bonchev–Trinajstić information content (AvgIpc) is 2.93. The highest BCUT2D eigenvalue weighted by atomic mass is 35.5. The number of hydrogen-bond donors (Lipinski definition) is 1. The largest absolute Gasteiger partial charge is 0.497 e. The molecule has 37 heavy (non-hydrogen) atoms. The molecule has 0 bridgehead atoms. The number of carbonyl (C=O) groups is 2. The molecule has 1 aliphatic carbocycles. The third-order valence-corrected chi connectivity index (χ3v) is 7.23. The lowest BCUT2D eigenvalue weighted by molar-refractivity contribution is -0.141. The van der Waals surface area contributed by atoms with Gasteiger partial charge in [-0.2, -0.15) is 0 Å². The number of hydrogen-bond acceptors (Lipinski definition) is 3. The number of ether oxygens (including phenoxy) is 1. The number of nitrogens with one attached hydrogen (secondary N) is 1. The van der Waals surface area contributed by atoms with Crippen LogP contribution in [0.2, 0.25) is 5.02 Å². The van der Waals surface area contributed by atoms with Gasteiger partial charge in [0.05, 0.1) is 13.5 Å². The van der Waals surface area contributed by atoms with Crippen molar-refractivity contribution in [1.29, 1.82) is 0 Å². The summed E-state index contributed by atoms with van der Waals surface area (Å²) in [5.41, 5.74) is 2.78. The first-order chi connectivity index (χ1) is 18.0. The van der Waals surface area contributed by atoms with Crippen LogP contribution in [-0.4, -0.2) is 35.9 Å². The molecule has 0 unspecified atom stereocenters. The van der Waals surface area contributed by atoms with Crippen LogP contribution in [-0.2, 0) is 29.0 Å². The Morgan fingerprint density at radius 3 is 2.32 bits per heavy atom. The van der Waals surface area contributed by atoms with E-state index in [1.54, 1.807) is 24.1 Å². The van der Waals surface area contributed by atoms with Gasteiger partial charge in [-0.1, -0.05) is 85.5 Å². The molecule has 1 N–H and O–H groups in total. The highest BCUT2D eigenvalue weighted by Gasteiger charge is 2.32. The second-order valence-electron chi connectivity index (χ2n) is 9.73. The van der Waals surface area contributed by atoms with Crippen molar-refractivity contribution < 1.29 is 14.3 Å². The van der Waals surface area contributed by atoms with Crippen LogP contribution in [0, 0.1) is 0 Å². The maximum atomic E-state index is 13.9. The Morgan fingerprint density at radius 2 is 1.62 bits per heavy atom. The van der Waals surface area contributed by atoms with Gasteiger partial charge in [-0.25, -0.2) is 0 Å². The molecule has 1 atom stereocenters. The smallest absolute Gasteiger partial charge is 0.243 e. The first kappa shape index (κ1) is 26.7. The maximum absolute atomic E-state index is 13.9. The molecule has 4 rings (SSSR count). The lowest BCUT2D eigenvalue weighted by atomic mass is 9.94. The number of amides is 2. The van der Waals surface area contributed by atoms with Crippen molar-refractivity contribution in [3.8, 4) is 5.75 Å². The fraction of sp³-hybridized carbons (Fsp3) is 0.355. The fourth-order valence-electron chi connectivity index (χ4n) is 4.94. The molecule has 0 aromatic heterocycles. The molecule has 2 amide bonds. The van der Waals surface area contributed by atoms with Gasteiger partial charge in [0.1, 0.15) is 11.8 Å². The molecule has 0 radical (unpaired) electrons. The van der Waals surface area contributed by atoms with E-state index in [1.807, 2.05) is 66.7 Å². The van der Waals surface area contributed by atoms with E-state index in [0.29, 0.717) is 23.7 Å². The summed E-state index contributed by atoms with van der Waals surface area (Å²) in [5.74, 6) is 0.516. The Labute approximate surface area is 224 Å². The summed E-state index contributed by atoms with van der Waals surface area (Å²) in [6, 6.07) is 24.4. The van der Waals surface area contributed by atoms with Gasteiger partial charge >= 0.3 is 0 Å². The standard InChI is InChI=1S/C31H35ClN2O3/c1-37-28-14-8-11-25(19-28)22-34(30(35)21-24-15-17-26(32)18-16-24)29(20-23-9-4-2-5-10-23)31(36)33-27-12-6-3-7-13-27/h2,4-5,8-11,14-19,27,29H,3,6-7,12-13,20-22H2,1H3,(H,33,36)/t29-/m0/s1. The molecule has 0 spiro atoms. The molecule has 194 valence electrons. The zero-order valence-electron chi connectivity index (χ0n) is 21.4. The van der Waals surface area contributed by atoms with Gasteiger partial charge < -0.3 is 15.0 Å². The highest BCUT2D eigenvalue weighted by molar-refractivity contribution is 6.30. The van der Waals surface area contributed by atoms with Crippen LogP contribution in [0.15, 0.2) is 78.9 Å². The quantitative estimate of drug-likeness (QED) is 0.359. The van der Waals surface area contributed by atoms with Crippen molar-refractivity contribution in [2.45, 2.75) is 63.6 Å². The molecule has 1 saturated carbocycles. The van der Waals surface area contributed by atoms with E-state index in [-0.39, 0.29) is 24.3 Å². The molecule has 0 saturated heterocycles. The summed E-state index contributed by atoms with van der Waals surface area (Å²) in [5, 5.41) is 3.90. The maximum Gasteiger partial charge on any atom is 0.243 e. The third-order valence-electron chi connectivity index (χ3n) is 6.98. The fourth-order valence-corrected chi connectivity index (χ4v) is 5.07. The molecule has 3 aromatic carbocycles. The van der Waals surface area contributed by atoms with E-state index >= 15 is 0 Å². The molecule has 0 aliphatic heterocycles. The second kappa shape index (κ2) is 13.3. The predicted molar refractivity (Wildman–Crippen MR) is 148 cm³/mol. The summed E-state index contributed by atoms with van der Waals surface area (Å²) >= 11 is 6.06. The lowest BCUT2D eigenvalue weighted by Crippen LogP contribution is -2.53. The van der Waals surface area contributed by atoms with Gasteiger partial charge in [0.15, 0.2) is 0 Å². The summed E-state index contributed by atoms with van der Waals surface area (Å²) in [6.45, 7) is 0.305. The highest BCUT2D eigenvalue weighted by Crippen LogP contribution is 2.22. The minimum absolute atomic E-state index is 0.0943. The average molecular weight is 519 g/mol. The van der Waals surface area contributed by atoms with Crippen LogP contribution in [0.25, 0.3) is 0 Å². The van der Waals surface area contributed by atoms with E-state index in [2.05, 4.69) is 5.32 Å². The van der Waals surface area contributed by atoms with Gasteiger partial charge in [0.2, 0.25) is 11.8 Å². The second-order valence-corrected chi connectivity index (χ2v) is 10.2. The zero-order valence-corrected chi connectivity index (χ0v) is 22.1. The van der Waals surface area contributed by atoms with Crippen LogP contribution in [0.1, 0.15) is 48.8 Å². The Kier molecular flexibility index (Phi) is 9.61. The first-order valence-corrected chi connectivity index (χ1v) is 13.4. The molecule has 6 heteroatoms. The Hall–Kier alpha value is -3.31. The topological polar surface area (TPSA) is 58.6 Å². The van der Waals surface area contributed by atoms with Crippen molar-refractivity contribution in [3.05, 3.63) is 101 Å². The van der Waals surface area contributed by atoms with E-state index < -0.39 is 6.04 Å². The van der Waals surface area contributed by atoms with Gasteiger partial charge in [-0.3, -0.25) is 9.59 Å².